The SMILES string of the molecule is CC(CC(=O)NC(C)c1ccc(S(N)(=O)=O)cc1)c1ccccc1. The molecule has 0 aromatic heterocycles. The predicted molar refractivity (Wildman–Crippen MR) is 93.8 cm³/mol. The summed E-state index contributed by atoms with van der Waals surface area (Å²) in [6.45, 7) is 3.87. The van der Waals surface area contributed by atoms with E-state index in [1.54, 1.807) is 12.1 Å². The highest BCUT2D eigenvalue weighted by atomic mass is 32.2. The van der Waals surface area contributed by atoms with Crippen LogP contribution in [0, 0.1) is 0 Å². The molecule has 2 unspecified atom stereocenters. The molecule has 5 nitrogen and oxygen atoms in total. The van der Waals surface area contributed by atoms with E-state index in [-0.39, 0.29) is 22.8 Å². The van der Waals surface area contributed by atoms with Crippen molar-refractivity contribution >= 4 is 15.9 Å². The minimum atomic E-state index is -3.70. The number of rotatable bonds is 6. The predicted octanol–water partition coefficient (Wildman–Crippen LogP) is 2.71. The van der Waals surface area contributed by atoms with Crippen molar-refractivity contribution in [1.29, 1.82) is 0 Å². The normalized spacial score (nSPS) is 14.0. The van der Waals surface area contributed by atoms with Gasteiger partial charge in [-0.1, -0.05) is 49.4 Å². The van der Waals surface area contributed by atoms with Crippen LogP contribution in [0.25, 0.3) is 0 Å². The lowest BCUT2D eigenvalue weighted by atomic mass is 9.97. The van der Waals surface area contributed by atoms with Gasteiger partial charge in [0.2, 0.25) is 15.9 Å². The van der Waals surface area contributed by atoms with E-state index < -0.39 is 10.0 Å². The van der Waals surface area contributed by atoms with Crippen molar-refractivity contribution in [2.45, 2.75) is 37.1 Å². The summed E-state index contributed by atoms with van der Waals surface area (Å²) in [6, 6.07) is 15.9. The maximum atomic E-state index is 12.2. The third-order valence-corrected chi connectivity index (χ3v) is 4.88. The second kappa shape index (κ2) is 7.59. The van der Waals surface area contributed by atoms with Crippen molar-refractivity contribution in [2.24, 2.45) is 5.14 Å². The Balaban J connectivity index is 1.96. The Bertz CT molecular complexity index is 787. The molecule has 0 radical (unpaired) electrons. The summed E-state index contributed by atoms with van der Waals surface area (Å²) in [5, 5.41) is 8.01. The minimum absolute atomic E-state index is 0.0469. The van der Waals surface area contributed by atoms with Gasteiger partial charge in [0.25, 0.3) is 0 Å². The van der Waals surface area contributed by atoms with Crippen molar-refractivity contribution in [3.63, 3.8) is 0 Å². The number of nitrogens with two attached hydrogens (primary N) is 1. The summed E-state index contributed by atoms with van der Waals surface area (Å²) in [4.78, 5) is 12.3. The lowest BCUT2D eigenvalue weighted by molar-refractivity contribution is -0.122. The summed E-state index contributed by atoms with van der Waals surface area (Å²) in [6.07, 6.45) is 0.392. The zero-order valence-electron chi connectivity index (χ0n) is 13.8. The Morgan fingerprint density at radius 2 is 1.58 bits per heavy atom. The molecule has 2 atom stereocenters. The molecule has 1 amide bonds. The van der Waals surface area contributed by atoms with E-state index in [9.17, 15) is 13.2 Å². The van der Waals surface area contributed by atoms with Crippen molar-refractivity contribution in [2.75, 3.05) is 0 Å². The van der Waals surface area contributed by atoms with Crippen molar-refractivity contribution < 1.29 is 13.2 Å². The Morgan fingerprint density at radius 3 is 2.12 bits per heavy atom. The maximum Gasteiger partial charge on any atom is 0.238 e. The van der Waals surface area contributed by atoms with Crippen molar-refractivity contribution in [3.8, 4) is 0 Å². The van der Waals surface area contributed by atoms with Gasteiger partial charge in [-0.3, -0.25) is 4.79 Å². The number of hydrogen-bond donors (Lipinski definition) is 2. The Hall–Kier alpha value is -2.18. The number of benzene rings is 2. The zero-order valence-corrected chi connectivity index (χ0v) is 14.6. The van der Waals surface area contributed by atoms with Crippen LogP contribution < -0.4 is 10.5 Å². The highest BCUT2D eigenvalue weighted by molar-refractivity contribution is 7.89. The first-order valence-corrected chi connectivity index (χ1v) is 9.29. The molecule has 0 bridgehead atoms. The van der Waals surface area contributed by atoms with Crippen LogP contribution in [0.5, 0.6) is 0 Å². The van der Waals surface area contributed by atoms with Crippen LogP contribution in [-0.4, -0.2) is 14.3 Å². The van der Waals surface area contributed by atoms with E-state index in [1.165, 1.54) is 12.1 Å². The first kappa shape index (κ1) is 18.2. The summed E-state index contributed by atoms with van der Waals surface area (Å²) < 4.78 is 22.5. The number of sulfonamides is 1. The van der Waals surface area contributed by atoms with Gasteiger partial charge in [0.1, 0.15) is 0 Å². The van der Waals surface area contributed by atoms with Gasteiger partial charge in [0.05, 0.1) is 10.9 Å². The van der Waals surface area contributed by atoms with Gasteiger partial charge in [0.15, 0.2) is 0 Å². The molecule has 3 N–H and O–H groups in total. The van der Waals surface area contributed by atoms with Gasteiger partial charge in [-0.25, -0.2) is 13.6 Å². The molecule has 0 saturated heterocycles. The standard InChI is InChI=1S/C18H22N2O3S/c1-13(15-6-4-3-5-7-15)12-18(21)20-14(2)16-8-10-17(11-9-16)24(19,22)23/h3-11,13-14H,12H2,1-2H3,(H,20,21)(H2,19,22,23). The second-order valence-electron chi connectivity index (χ2n) is 5.92. The van der Waals surface area contributed by atoms with Gasteiger partial charge in [-0.15, -0.1) is 0 Å². The summed E-state index contributed by atoms with van der Waals surface area (Å²) in [7, 11) is -3.70. The third-order valence-electron chi connectivity index (χ3n) is 3.95. The average Bonchev–Trinajstić information content (AvgIpc) is 2.54. The van der Waals surface area contributed by atoms with Crippen LogP contribution in [0.4, 0.5) is 0 Å². The topological polar surface area (TPSA) is 89.3 Å². The molecule has 128 valence electrons. The number of nitrogens with one attached hydrogen (secondary N) is 1. The van der Waals surface area contributed by atoms with Gasteiger partial charge < -0.3 is 5.32 Å². The Morgan fingerprint density at radius 1 is 1.00 bits per heavy atom. The monoisotopic (exact) mass is 346 g/mol. The second-order valence-corrected chi connectivity index (χ2v) is 7.48. The highest BCUT2D eigenvalue weighted by Crippen LogP contribution is 2.20. The van der Waals surface area contributed by atoms with Crippen molar-refractivity contribution in [3.05, 3.63) is 65.7 Å². The zero-order chi connectivity index (χ0) is 17.7. The summed E-state index contributed by atoms with van der Waals surface area (Å²) in [5.41, 5.74) is 1.95. The number of carbonyl (C=O) groups excluding carboxylic acids is 1. The van der Waals surface area contributed by atoms with Crippen LogP contribution in [-0.2, 0) is 14.8 Å². The molecular weight excluding hydrogens is 324 g/mol. The van der Waals surface area contributed by atoms with Gasteiger partial charge in [-0.05, 0) is 36.1 Å². The highest BCUT2D eigenvalue weighted by Gasteiger charge is 2.15. The number of carbonyl (C=O) groups is 1. The average molecular weight is 346 g/mol. The van der Waals surface area contributed by atoms with Gasteiger partial charge >= 0.3 is 0 Å². The fourth-order valence-corrected chi connectivity index (χ4v) is 3.02. The van der Waals surface area contributed by atoms with Crippen molar-refractivity contribution in [1.82, 2.24) is 5.32 Å². The van der Waals surface area contributed by atoms with E-state index in [2.05, 4.69) is 5.32 Å². The molecule has 0 fully saturated rings. The first-order chi connectivity index (χ1) is 11.3. The van der Waals surface area contributed by atoms with E-state index in [1.807, 2.05) is 44.2 Å². The van der Waals surface area contributed by atoms with E-state index >= 15 is 0 Å². The van der Waals surface area contributed by atoms with Gasteiger partial charge in [0, 0.05) is 6.42 Å². The molecule has 0 aliphatic rings. The molecule has 2 rings (SSSR count). The number of hydrogen-bond acceptors (Lipinski definition) is 3. The summed E-state index contributed by atoms with van der Waals surface area (Å²) >= 11 is 0. The first-order valence-electron chi connectivity index (χ1n) is 7.74. The number of primary sulfonamides is 1. The van der Waals surface area contributed by atoms with E-state index in [0.29, 0.717) is 6.42 Å². The lowest BCUT2D eigenvalue weighted by Gasteiger charge is -2.17. The molecule has 0 aliphatic heterocycles. The molecule has 0 saturated carbocycles. The quantitative estimate of drug-likeness (QED) is 0.843. The molecule has 24 heavy (non-hydrogen) atoms. The smallest absolute Gasteiger partial charge is 0.238 e. The Kier molecular flexibility index (Phi) is 5.75. The fourth-order valence-electron chi connectivity index (χ4n) is 2.51. The van der Waals surface area contributed by atoms with Gasteiger partial charge in [-0.2, -0.15) is 0 Å². The van der Waals surface area contributed by atoms with Crippen LogP contribution in [0.15, 0.2) is 59.5 Å². The molecular formula is C18H22N2O3S. The molecule has 0 heterocycles. The molecule has 2 aromatic rings. The minimum Gasteiger partial charge on any atom is -0.350 e. The molecule has 2 aromatic carbocycles. The van der Waals surface area contributed by atoms with Crippen LogP contribution >= 0.6 is 0 Å². The van der Waals surface area contributed by atoms with E-state index in [0.717, 1.165) is 11.1 Å². The maximum absolute atomic E-state index is 12.2. The largest absolute Gasteiger partial charge is 0.350 e. The number of amides is 1. The molecule has 0 spiro atoms. The summed E-state index contributed by atoms with van der Waals surface area (Å²) in [5.74, 6) is 0.0811. The van der Waals surface area contributed by atoms with Crippen LogP contribution in [0.3, 0.4) is 0 Å². The van der Waals surface area contributed by atoms with Crippen LogP contribution in [0.2, 0.25) is 0 Å². The lowest BCUT2D eigenvalue weighted by Crippen LogP contribution is -2.27. The Labute approximate surface area is 142 Å². The van der Waals surface area contributed by atoms with Crippen LogP contribution in [0.1, 0.15) is 43.4 Å². The molecule has 6 heteroatoms. The molecule has 0 aliphatic carbocycles. The third kappa shape index (κ3) is 4.91. The van der Waals surface area contributed by atoms with E-state index in [4.69, 9.17) is 5.14 Å². The fraction of sp³-hybridized carbons (Fsp3) is 0.278.